The second kappa shape index (κ2) is 8.51. The number of nitriles is 1. The predicted octanol–water partition coefficient (Wildman–Crippen LogP) is 6.67. The standard InChI is InChI=1S/C31H36N2O/c32-19-20-11-13-21(14-12-20)22-5-3-6-23(17-22)24-15-16-27-26(18-24)25-7-4-10-30-31(25)33(27)28-8-1-2-9-29(28)34-30/h3,5-6,11-14,17,24-31H,1-2,4,7-10,15-16,18H2. The molecule has 3 saturated carbocycles. The van der Waals surface area contributed by atoms with E-state index < -0.39 is 0 Å². The molecule has 0 spiro atoms. The molecule has 0 radical (unpaired) electrons. The molecule has 176 valence electrons. The molecule has 0 bridgehead atoms. The molecule has 0 amide bonds. The summed E-state index contributed by atoms with van der Waals surface area (Å²) in [5.74, 6) is 2.36. The van der Waals surface area contributed by atoms with Gasteiger partial charge in [-0.15, -0.1) is 0 Å². The zero-order valence-electron chi connectivity index (χ0n) is 20.1. The maximum Gasteiger partial charge on any atom is 0.0991 e. The van der Waals surface area contributed by atoms with Crippen molar-refractivity contribution in [2.45, 2.75) is 100 Å². The Labute approximate surface area is 204 Å². The van der Waals surface area contributed by atoms with Gasteiger partial charge in [-0.2, -0.15) is 5.26 Å². The molecule has 8 unspecified atom stereocenters. The van der Waals surface area contributed by atoms with Gasteiger partial charge in [0, 0.05) is 18.1 Å². The van der Waals surface area contributed by atoms with E-state index in [1.54, 1.807) is 0 Å². The van der Waals surface area contributed by atoms with Crippen molar-refractivity contribution < 1.29 is 4.74 Å². The van der Waals surface area contributed by atoms with Gasteiger partial charge in [-0.25, -0.2) is 0 Å². The quantitative estimate of drug-likeness (QED) is 0.510. The van der Waals surface area contributed by atoms with Gasteiger partial charge in [-0.1, -0.05) is 55.7 Å². The van der Waals surface area contributed by atoms with E-state index in [1.165, 1.54) is 80.9 Å². The number of nitrogens with zero attached hydrogens (tertiary/aromatic N) is 2. The molecule has 3 aliphatic carbocycles. The van der Waals surface area contributed by atoms with Crippen LogP contribution in [0.2, 0.25) is 0 Å². The number of ether oxygens (including phenoxy) is 1. The van der Waals surface area contributed by atoms with Gasteiger partial charge in [0.1, 0.15) is 0 Å². The highest BCUT2D eigenvalue weighted by atomic mass is 16.5. The molecule has 8 atom stereocenters. The van der Waals surface area contributed by atoms with Crippen LogP contribution in [0.1, 0.15) is 81.3 Å². The third kappa shape index (κ3) is 3.37. The first-order valence-corrected chi connectivity index (χ1v) is 13.8. The minimum atomic E-state index is 0.502. The van der Waals surface area contributed by atoms with Gasteiger partial charge >= 0.3 is 0 Å². The Hall–Kier alpha value is -2.15. The first kappa shape index (κ1) is 21.2. The minimum Gasteiger partial charge on any atom is -0.372 e. The van der Waals surface area contributed by atoms with E-state index in [9.17, 15) is 0 Å². The van der Waals surface area contributed by atoms with Gasteiger partial charge in [0.25, 0.3) is 0 Å². The third-order valence-corrected chi connectivity index (χ3v) is 10.1. The number of hydrogen-bond donors (Lipinski definition) is 0. The highest BCUT2D eigenvalue weighted by molar-refractivity contribution is 5.65. The Balaban J connectivity index is 1.16. The fourth-order valence-corrected chi connectivity index (χ4v) is 8.72. The molecule has 34 heavy (non-hydrogen) atoms. The largest absolute Gasteiger partial charge is 0.372 e. The molecule has 2 saturated heterocycles. The van der Waals surface area contributed by atoms with Crippen LogP contribution in [0.4, 0.5) is 0 Å². The predicted molar refractivity (Wildman–Crippen MR) is 134 cm³/mol. The highest BCUT2D eigenvalue weighted by Gasteiger charge is 2.59. The molecule has 0 aromatic heterocycles. The molecule has 5 aliphatic rings. The number of fused-ring (bicyclic) bond motifs is 5. The van der Waals surface area contributed by atoms with E-state index in [2.05, 4.69) is 47.4 Å². The average molecular weight is 453 g/mol. The van der Waals surface area contributed by atoms with Crippen molar-refractivity contribution in [3.63, 3.8) is 0 Å². The van der Waals surface area contributed by atoms with Crippen LogP contribution >= 0.6 is 0 Å². The first-order chi connectivity index (χ1) is 16.8. The van der Waals surface area contributed by atoms with Crippen molar-refractivity contribution in [2.75, 3.05) is 0 Å². The Morgan fingerprint density at radius 3 is 2.50 bits per heavy atom. The Bertz CT molecular complexity index is 1090. The van der Waals surface area contributed by atoms with Gasteiger partial charge in [0.05, 0.1) is 23.8 Å². The van der Waals surface area contributed by atoms with Crippen LogP contribution in [0, 0.1) is 23.2 Å². The lowest BCUT2D eigenvalue weighted by Crippen LogP contribution is -2.63. The highest BCUT2D eigenvalue weighted by Crippen LogP contribution is 2.56. The second-order valence-electron chi connectivity index (χ2n) is 11.7. The van der Waals surface area contributed by atoms with Crippen molar-refractivity contribution in [3.05, 3.63) is 59.7 Å². The van der Waals surface area contributed by atoms with Crippen molar-refractivity contribution in [1.29, 1.82) is 5.26 Å². The summed E-state index contributed by atoms with van der Waals surface area (Å²) in [6, 6.07) is 21.7. The maximum absolute atomic E-state index is 9.13. The van der Waals surface area contributed by atoms with Gasteiger partial charge in [0.2, 0.25) is 0 Å². The van der Waals surface area contributed by atoms with E-state index in [-0.39, 0.29) is 0 Å². The summed E-state index contributed by atoms with van der Waals surface area (Å²) in [6.07, 6.45) is 14.5. The van der Waals surface area contributed by atoms with Gasteiger partial charge in [-0.3, -0.25) is 4.90 Å². The van der Waals surface area contributed by atoms with Crippen LogP contribution in [0.15, 0.2) is 48.5 Å². The fraction of sp³-hybridized carbons (Fsp3) is 0.581. The minimum absolute atomic E-state index is 0.502. The van der Waals surface area contributed by atoms with Gasteiger partial charge < -0.3 is 4.74 Å². The monoisotopic (exact) mass is 452 g/mol. The summed E-state index contributed by atoms with van der Waals surface area (Å²) in [5.41, 5.74) is 4.74. The van der Waals surface area contributed by atoms with Crippen LogP contribution in [-0.2, 0) is 4.74 Å². The van der Waals surface area contributed by atoms with Crippen molar-refractivity contribution >= 4 is 0 Å². The summed E-state index contributed by atoms with van der Waals surface area (Å²) in [7, 11) is 0. The molecule has 2 aliphatic heterocycles. The lowest BCUT2D eigenvalue weighted by Gasteiger charge is -2.53. The lowest BCUT2D eigenvalue weighted by atomic mass is 9.68. The number of hydrogen-bond acceptors (Lipinski definition) is 3. The van der Waals surface area contributed by atoms with E-state index in [1.807, 2.05) is 12.1 Å². The zero-order valence-corrected chi connectivity index (χ0v) is 20.1. The molecule has 3 nitrogen and oxygen atoms in total. The van der Waals surface area contributed by atoms with E-state index >= 15 is 0 Å². The Kier molecular flexibility index (Phi) is 5.29. The maximum atomic E-state index is 9.13. The van der Waals surface area contributed by atoms with Crippen molar-refractivity contribution in [2.24, 2.45) is 11.8 Å². The number of rotatable bonds is 2. The summed E-state index contributed by atoms with van der Waals surface area (Å²) in [6.45, 7) is 0. The summed E-state index contributed by atoms with van der Waals surface area (Å²) in [5, 5.41) is 9.13. The van der Waals surface area contributed by atoms with Gasteiger partial charge in [0.15, 0.2) is 0 Å². The van der Waals surface area contributed by atoms with Crippen LogP contribution in [-0.4, -0.2) is 35.2 Å². The molecule has 2 heterocycles. The summed E-state index contributed by atoms with van der Waals surface area (Å²) < 4.78 is 6.81. The van der Waals surface area contributed by atoms with Crippen LogP contribution < -0.4 is 0 Å². The van der Waals surface area contributed by atoms with Crippen molar-refractivity contribution in [1.82, 2.24) is 4.90 Å². The number of benzene rings is 2. The first-order valence-electron chi connectivity index (χ1n) is 13.8. The molecule has 5 fully saturated rings. The average Bonchev–Trinajstić information content (AvgIpc) is 3.24. The van der Waals surface area contributed by atoms with Crippen LogP contribution in [0.3, 0.4) is 0 Å². The molecule has 0 N–H and O–H groups in total. The molecule has 3 heteroatoms. The second-order valence-corrected chi connectivity index (χ2v) is 11.7. The molecule has 2 aromatic carbocycles. The SMILES string of the molecule is N#Cc1ccc(-c2cccc(C3CCC4C(C3)C3CCCC5OC6CCCCC6N4C53)c2)cc1. The zero-order chi connectivity index (χ0) is 22.6. The Morgan fingerprint density at radius 2 is 1.62 bits per heavy atom. The van der Waals surface area contributed by atoms with Gasteiger partial charge in [-0.05, 0) is 91.5 Å². The van der Waals surface area contributed by atoms with Crippen LogP contribution in [0.25, 0.3) is 11.1 Å². The topological polar surface area (TPSA) is 36.3 Å². The third-order valence-electron chi connectivity index (χ3n) is 10.1. The molecular weight excluding hydrogens is 416 g/mol. The van der Waals surface area contributed by atoms with E-state index in [0.29, 0.717) is 30.2 Å². The normalized spacial score (nSPS) is 38.9. The molecule has 7 rings (SSSR count). The number of morpholine rings is 1. The molecule has 2 aromatic rings. The fourth-order valence-electron chi connectivity index (χ4n) is 8.72. The summed E-state index contributed by atoms with van der Waals surface area (Å²) >= 11 is 0. The van der Waals surface area contributed by atoms with E-state index in [0.717, 1.165) is 23.4 Å². The Morgan fingerprint density at radius 1 is 0.765 bits per heavy atom. The van der Waals surface area contributed by atoms with Crippen LogP contribution in [0.5, 0.6) is 0 Å². The smallest absolute Gasteiger partial charge is 0.0991 e. The lowest BCUT2D eigenvalue weighted by molar-refractivity contribution is -0.177. The van der Waals surface area contributed by atoms with Crippen molar-refractivity contribution in [3.8, 4) is 17.2 Å². The molecular formula is C31H36N2O. The van der Waals surface area contributed by atoms with E-state index in [4.69, 9.17) is 10.00 Å². The summed E-state index contributed by atoms with van der Waals surface area (Å²) in [4.78, 5) is 3.07.